The van der Waals surface area contributed by atoms with Crippen molar-refractivity contribution in [1.82, 2.24) is 0 Å². The van der Waals surface area contributed by atoms with Gasteiger partial charge < -0.3 is 4.74 Å². The molecular formula is C9H13NO2. The Morgan fingerprint density at radius 3 is 3.00 bits per heavy atom. The van der Waals surface area contributed by atoms with E-state index in [0.29, 0.717) is 13.0 Å². The van der Waals surface area contributed by atoms with Crippen molar-refractivity contribution in [3.8, 4) is 6.07 Å². The third-order valence-electron chi connectivity index (χ3n) is 2.15. The second-order valence-corrected chi connectivity index (χ2v) is 2.99. The number of rotatable bonds is 3. The molecule has 0 spiro atoms. The van der Waals surface area contributed by atoms with Gasteiger partial charge in [0, 0.05) is 6.61 Å². The van der Waals surface area contributed by atoms with E-state index in [0.717, 1.165) is 12.8 Å². The lowest BCUT2D eigenvalue weighted by atomic mass is 9.97. The molecule has 12 heavy (non-hydrogen) atoms. The largest absolute Gasteiger partial charge is 0.370 e. The summed E-state index contributed by atoms with van der Waals surface area (Å²) in [5.41, 5.74) is 0. The first-order valence-corrected chi connectivity index (χ1v) is 4.34. The summed E-state index contributed by atoms with van der Waals surface area (Å²) in [7, 11) is 0. The van der Waals surface area contributed by atoms with Crippen molar-refractivity contribution in [3.63, 3.8) is 0 Å². The summed E-state index contributed by atoms with van der Waals surface area (Å²) >= 11 is 0. The van der Waals surface area contributed by atoms with Gasteiger partial charge >= 0.3 is 0 Å². The van der Waals surface area contributed by atoms with Gasteiger partial charge in [0.05, 0.1) is 6.07 Å². The summed E-state index contributed by atoms with van der Waals surface area (Å²) in [5, 5.41) is 8.63. The second kappa shape index (κ2) is 4.22. The zero-order chi connectivity index (χ0) is 8.97. The van der Waals surface area contributed by atoms with E-state index < -0.39 is 5.92 Å². The molecular weight excluding hydrogens is 154 g/mol. The predicted octanol–water partition coefficient (Wildman–Crippen LogP) is 1.28. The predicted molar refractivity (Wildman–Crippen MR) is 43.4 cm³/mol. The molecule has 0 saturated carbocycles. The SMILES string of the molecule is CCC(C#N)C(=O)C1CCCO1. The van der Waals surface area contributed by atoms with Crippen LogP contribution < -0.4 is 0 Å². The van der Waals surface area contributed by atoms with Gasteiger partial charge in [-0.2, -0.15) is 5.26 Å². The molecule has 1 fully saturated rings. The number of ether oxygens (including phenoxy) is 1. The zero-order valence-electron chi connectivity index (χ0n) is 7.25. The Morgan fingerprint density at radius 1 is 1.83 bits per heavy atom. The number of nitrogens with zero attached hydrogens (tertiary/aromatic N) is 1. The topological polar surface area (TPSA) is 50.1 Å². The first kappa shape index (κ1) is 9.21. The van der Waals surface area contributed by atoms with Gasteiger partial charge in [0.25, 0.3) is 0 Å². The maximum absolute atomic E-state index is 11.5. The van der Waals surface area contributed by atoms with E-state index in [-0.39, 0.29) is 11.9 Å². The van der Waals surface area contributed by atoms with Crippen LogP contribution in [0.5, 0.6) is 0 Å². The fourth-order valence-electron chi connectivity index (χ4n) is 1.38. The third kappa shape index (κ3) is 1.83. The molecule has 2 atom stereocenters. The minimum atomic E-state index is -0.465. The molecule has 1 heterocycles. The Kier molecular flexibility index (Phi) is 3.24. The zero-order valence-corrected chi connectivity index (χ0v) is 7.25. The summed E-state index contributed by atoms with van der Waals surface area (Å²) in [5.74, 6) is -0.495. The Hall–Kier alpha value is -0.880. The van der Waals surface area contributed by atoms with Gasteiger partial charge in [-0.1, -0.05) is 6.92 Å². The number of hydrogen-bond acceptors (Lipinski definition) is 3. The minimum absolute atomic E-state index is 0.0301. The first-order chi connectivity index (χ1) is 5.79. The van der Waals surface area contributed by atoms with Crippen LogP contribution in [0, 0.1) is 17.2 Å². The average Bonchev–Trinajstić information content (AvgIpc) is 2.58. The molecule has 3 nitrogen and oxygen atoms in total. The van der Waals surface area contributed by atoms with E-state index in [4.69, 9.17) is 10.00 Å². The normalized spacial score (nSPS) is 24.8. The highest BCUT2D eigenvalue weighted by atomic mass is 16.5. The molecule has 1 aliphatic rings. The van der Waals surface area contributed by atoms with Gasteiger partial charge in [0.1, 0.15) is 12.0 Å². The first-order valence-electron chi connectivity index (χ1n) is 4.34. The molecule has 3 heteroatoms. The van der Waals surface area contributed by atoms with Crippen LogP contribution in [0.1, 0.15) is 26.2 Å². The van der Waals surface area contributed by atoms with Crippen molar-refractivity contribution < 1.29 is 9.53 Å². The van der Waals surface area contributed by atoms with Crippen LogP contribution in [0.15, 0.2) is 0 Å². The second-order valence-electron chi connectivity index (χ2n) is 2.99. The van der Waals surface area contributed by atoms with Crippen LogP contribution >= 0.6 is 0 Å². The van der Waals surface area contributed by atoms with Gasteiger partial charge in [-0.05, 0) is 19.3 Å². The van der Waals surface area contributed by atoms with Gasteiger partial charge in [-0.25, -0.2) is 0 Å². The molecule has 0 radical (unpaired) electrons. The van der Waals surface area contributed by atoms with E-state index in [2.05, 4.69) is 0 Å². The van der Waals surface area contributed by atoms with Crippen LogP contribution in [0.25, 0.3) is 0 Å². The molecule has 0 aliphatic carbocycles. The van der Waals surface area contributed by atoms with Crippen molar-refractivity contribution in [3.05, 3.63) is 0 Å². The van der Waals surface area contributed by atoms with Crippen molar-refractivity contribution in [2.75, 3.05) is 6.61 Å². The molecule has 1 saturated heterocycles. The number of carbonyl (C=O) groups is 1. The van der Waals surface area contributed by atoms with Crippen molar-refractivity contribution in [2.24, 2.45) is 5.92 Å². The van der Waals surface area contributed by atoms with E-state index in [1.165, 1.54) is 0 Å². The third-order valence-corrected chi connectivity index (χ3v) is 2.15. The molecule has 0 aromatic carbocycles. The maximum atomic E-state index is 11.5. The molecule has 2 unspecified atom stereocenters. The Morgan fingerprint density at radius 2 is 2.58 bits per heavy atom. The van der Waals surface area contributed by atoms with Crippen LogP contribution in [0.3, 0.4) is 0 Å². The van der Waals surface area contributed by atoms with Gasteiger partial charge in [0.2, 0.25) is 0 Å². The molecule has 0 aromatic heterocycles. The molecule has 0 N–H and O–H groups in total. The van der Waals surface area contributed by atoms with Crippen LogP contribution in [-0.2, 0) is 9.53 Å². The summed E-state index contributed by atoms with van der Waals surface area (Å²) in [6.45, 7) is 2.51. The molecule has 0 aromatic rings. The number of hydrogen-bond donors (Lipinski definition) is 0. The van der Waals surface area contributed by atoms with E-state index in [1.807, 2.05) is 13.0 Å². The summed E-state index contributed by atoms with van der Waals surface area (Å²) < 4.78 is 5.20. The average molecular weight is 167 g/mol. The Bertz CT molecular complexity index is 201. The van der Waals surface area contributed by atoms with Crippen LogP contribution in [0.4, 0.5) is 0 Å². The van der Waals surface area contributed by atoms with E-state index in [1.54, 1.807) is 0 Å². The van der Waals surface area contributed by atoms with E-state index in [9.17, 15) is 4.79 Å². The number of Topliss-reactive ketones (excluding diaryl/α,β-unsaturated/α-hetero) is 1. The Labute approximate surface area is 72.3 Å². The molecule has 0 bridgehead atoms. The fourth-order valence-corrected chi connectivity index (χ4v) is 1.38. The number of nitriles is 1. The minimum Gasteiger partial charge on any atom is -0.370 e. The summed E-state index contributed by atoms with van der Waals surface area (Å²) in [4.78, 5) is 11.5. The fraction of sp³-hybridized carbons (Fsp3) is 0.778. The summed E-state index contributed by atoms with van der Waals surface area (Å²) in [6, 6.07) is 2.00. The molecule has 1 aliphatic heterocycles. The van der Waals surface area contributed by atoms with Crippen LogP contribution in [0.2, 0.25) is 0 Å². The molecule has 1 rings (SSSR count). The Balaban J connectivity index is 2.51. The van der Waals surface area contributed by atoms with Crippen molar-refractivity contribution in [1.29, 1.82) is 5.26 Å². The van der Waals surface area contributed by atoms with Crippen molar-refractivity contribution >= 4 is 5.78 Å². The van der Waals surface area contributed by atoms with Crippen LogP contribution in [-0.4, -0.2) is 18.5 Å². The highest BCUT2D eigenvalue weighted by Gasteiger charge is 2.28. The quantitative estimate of drug-likeness (QED) is 0.636. The molecule has 66 valence electrons. The lowest BCUT2D eigenvalue weighted by molar-refractivity contribution is -0.130. The number of ketones is 1. The van der Waals surface area contributed by atoms with E-state index >= 15 is 0 Å². The monoisotopic (exact) mass is 167 g/mol. The smallest absolute Gasteiger partial charge is 0.178 e. The van der Waals surface area contributed by atoms with Crippen molar-refractivity contribution in [2.45, 2.75) is 32.3 Å². The van der Waals surface area contributed by atoms with Gasteiger partial charge in [-0.15, -0.1) is 0 Å². The lowest BCUT2D eigenvalue weighted by Gasteiger charge is -2.10. The standard InChI is InChI=1S/C9H13NO2/c1-2-7(6-10)9(11)8-4-3-5-12-8/h7-8H,2-5H2,1H3. The highest BCUT2D eigenvalue weighted by molar-refractivity contribution is 5.87. The maximum Gasteiger partial charge on any atom is 0.178 e. The van der Waals surface area contributed by atoms with Gasteiger partial charge in [0.15, 0.2) is 5.78 Å². The lowest BCUT2D eigenvalue weighted by Crippen LogP contribution is -2.26. The summed E-state index contributed by atoms with van der Waals surface area (Å²) in [6.07, 6.45) is 2.03. The highest BCUT2D eigenvalue weighted by Crippen LogP contribution is 2.17. The van der Waals surface area contributed by atoms with Gasteiger partial charge in [-0.3, -0.25) is 4.79 Å². The number of carbonyl (C=O) groups excluding carboxylic acids is 1. The molecule has 0 amide bonds.